The molecule has 2 aromatic rings. The molecule has 1 heterocycles. The summed E-state index contributed by atoms with van der Waals surface area (Å²) in [5.41, 5.74) is 3.10. The minimum Gasteiger partial charge on any atom is -0.321 e. The summed E-state index contributed by atoms with van der Waals surface area (Å²) in [6, 6.07) is 4.86. The molecule has 0 N–H and O–H groups in total. The van der Waals surface area contributed by atoms with Gasteiger partial charge in [0.2, 0.25) is 0 Å². The molecule has 1 aromatic heterocycles. The van der Waals surface area contributed by atoms with E-state index in [1.807, 2.05) is 6.92 Å². The van der Waals surface area contributed by atoms with Crippen LogP contribution in [0, 0.1) is 28.9 Å². The fourth-order valence-electron chi connectivity index (χ4n) is 2.77. The average Bonchev–Trinajstić information content (AvgIpc) is 3.26. The van der Waals surface area contributed by atoms with Crippen molar-refractivity contribution in [2.24, 2.45) is 16.8 Å². The first kappa shape index (κ1) is 16.9. The third-order valence-corrected chi connectivity index (χ3v) is 5.15. The molecule has 1 fully saturated rings. The van der Waals surface area contributed by atoms with Crippen molar-refractivity contribution in [2.75, 3.05) is 0 Å². The largest absolute Gasteiger partial charge is 0.321 e. The molecule has 0 aliphatic heterocycles. The van der Waals surface area contributed by atoms with Gasteiger partial charge in [0.25, 0.3) is 5.69 Å². The summed E-state index contributed by atoms with van der Waals surface area (Å²) < 4.78 is 2.35. The Morgan fingerprint density at radius 3 is 2.75 bits per heavy atom. The molecule has 128 valence electrons. The van der Waals surface area contributed by atoms with E-state index in [0.29, 0.717) is 5.92 Å². The molecular weight excluding hydrogens is 322 g/mol. The summed E-state index contributed by atoms with van der Waals surface area (Å²) in [6.45, 7) is 7.38. The van der Waals surface area contributed by atoms with Gasteiger partial charge in [-0.2, -0.15) is 0 Å². The predicted molar refractivity (Wildman–Crippen MR) is 96.6 cm³/mol. The quantitative estimate of drug-likeness (QED) is 0.567. The van der Waals surface area contributed by atoms with Crippen LogP contribution < -0.4 is 4.80 Å². The SMILES string of the molecule is Cc1cc([N+](=O)[O-])ccc1N=c1scc(CC(C)C)n1CC1CC1. The number of rotatable bonds is 6. The maximum atomic E-state index is 10.9. The highest BCUT2D eigenvalue weighted by Crippen LogP contribution is 2.31. The van der Waals surface area contributed by atoms with Crippen LogP contribution in [0.25, 0.3) is 0 Å². The van der Waals surface area contributed by atoms with Crippen molar-refractivity contribution >= 4 is 22.7 Å². The van der Waals surface area contributed by atoms with Crippen LogP contribution >= 0.6 is 11.3 Å². The van der Waals surface area contributed by atoms with Gasteiger partial charge in [0.05, 0.1) is 10.6 Å². The number of hydrogen-bond donors (Lipinski definition) is 0. The van der Waals surface area contributed by atoms with Crippen LogP contribution in [0.3, 0.4) is 0 Å². The first-order valence-electron chi connectivity index (χ1n) is 8.41. The fourth-order valence-corrected chi connectivity index (χ4v) is 3.70. The number of non-ortho nitro benzene ring substituents is 1. The van der Waals surface area contributed by atoms with E-state index in [4.69, 9.17) is 4.99 Å². The van der Waals surface area contributed by atoms with Crippen molar-refractivity contribution in [1.29, 1.82) is 0 Å². The van der Waals surface area contributed by atoms with Gasteiger partial charge in [0.1, 0.15) is 0 Å². The third kappa shape index (κ3) is 3.93. The first-order valence-corrected chi connectivity index (χ1v) is 9.29. The number of nitro groups is 1. The van der Waals surface area contributed by atoms with Gasteiger partial charge >= 0.3 is 0 Å². The number of hydrogen-bond acceptors (Lipinski definition) is 4. The van der Waals surface area contributed by atoms with Gasteiger partial charge in [-0.05, 0) is 49.7 Å². The summed E-state index contributed by atoms with van der Waals surface area (Å²) in [5.74, 6) is 1.39. The number of benzene rings is 1. The smallest absolute Gasteiger partial charge is 0.269 e. The number of aromatic nitrogens is 1. The maximum Gasteiger partial charge on any atom is 0.269 e. The van der Waals surface area contributed by atoms with E-state index in [9.17, 15) is 10.1 Å². The molecule has 0 amide bonds. The van der Waals surface area contributed by atoms with Gasteiger partial charge in [-0.15, -0.1) is 11.3 Å². The molecule has 24 heavy (non-hydrogen) atoms. The summed E-state index contributed by atoms with van der Waals surface area (Å²) in [7, 11) is 0. The highest BCUT2D eigenvalue weighted by molar-refractivity contribution is 7.07. The molecule has 0 bridgehead atoms. The van der Waals surface area contributed by atoms with Crippen molar-refractivity contribution in [3.8, 4) is 0 Å². The standard InChI is InChI=1S/C18H23N3O2S/c1-12(2)8-16-11-24-18(20(16)10-14-4-5-14)19-17-7-6-15(21(22)23)9-13(17)3/h6-7,9,11-12,14H,4-5,8,10H2,1-3H3. The predicted octanol–water partition coefficient (Wildman–Crippen LogP) is 4.61. The third-order valence-electron chi connectivity index (χ3n) is 4.24. The van der Waals surface area contributed by atoms with E-state index >= 15 is 0 Å². The zero-order valence-electron chi connectivity index (χ0n) is 14.4. The van der Waals surface area contributed by atoms with Crippen molar-refractivity contribution < 1.29 is 4.92 Å². The number of nitrogens with zero attached hydrogens (tertiary/aromatic N) is 3. The second-order valence-corrected chi connectivity index (χ2v) is 7.84. The first-order chi connectivity index (χ1) is 11.4. The Kier molecular flexibility index (Phi) is 4.85. The molecule has 1 aliphatic carbocycles. The van der Waals surface area contributed by atoms with Gasteiger partial charge in [0.15, 0.2) is 4.80 Å². The average molecular weight is 345 g/mol. The second-order valence-electron chi connectivity index (χ2n) is 7.00. The van der Waals surface area contributed by atoms with Gasteiger partial charge < -0.3 is 4.57 Å². The second kappa shape index (κ2) is 6.89. The van der Waals surface area contributed by atoms with Gasteiger partial charge in [-0.25, -0.2) is 4.99 Å². The zero-order chi connectivity index (χ0) is 17.3. The Morgan fingerprint density at radius 2 is 2.17 bits per heavy atom. The Morgan fingerprint density at radius 1 is 1.42 bits per heavy atom. The van der Waals surface area contributed by atoms with E-state index in [0.717, 1.165) is 34.9 Å². The summed E-state index contributed by atoms with van der Waals surface area (Å²) in [6.07, 6.45) is 3.66. The molecule has 0 radical (unpaired) electrons. The van der Waals surface area contributed by atoms with Crippen molar-refractivity contribution in [1.82, 2.24) is 4.57 Å². The molecule has 0 atom stereocenters. The van der Waals surface area contributed by atoms with Crippen LogP contribution in [-0.2, 0) is 13.0 Å². The van der Waals surface area contributed by atoms with Crippen LogP contribution in [0.1, 0.15) is 37.9 Å². The van der Waals surface area contributed by atoms with E-state index in [1.165, 1.54) is 24.6 Å². The van der Waals surface area contributed by atoms with Gasteiger partial charge in [0, 0.05) is 29.8 Å². The Hall–Kier alpha value is -1.95. The Balaban J connectivity index is 1.99. The monoisotopic (exact) mass is 345 g/mol. The molecule has 0 saturated heterocycles. The van der Waals surface area contributed by atoms with Crippen molar-refractivity contribution in [3.05, 3.63) is 49.8 Å². The minimum absolute atomic E-state index is 0.115. The van der Waals surface area contributed by atoms with Gasteiger partial charge in [-0.1, -0.05) is 13.8 Å². The van der Waals surface area contributed by atoms with E-state index in [1.54, 1.807) is 23.5 Å². The van der Waals surface area contributed by atoms with Crippen LogP contribution in [0.15, 0.2) is 28.6 Å². The molecule has 1 aliphatic rings. The summed E-state index contributed by atoms with van der Waals surface area (Å²) >= 11 is 1.66. The lowest BCUT2D eigenvalue weighted by Crippen LogP contribution is -2.19. The molecule has 3 rings (SSSR count). The lowest BCUT2D eigenvalue weighted by Gasteiger charge is -2.10. The van der Waals surface area contributed by atoms with Crippen LogP contribution in [0.5, 0.6) is 0 Å². The summed E-state index contributed by atoms with van der Waals surface area (Å²) in [5, 5.41) is 13.1. The Labute approximate surface area is 145 Å². The molecule has 0 spiro atoms. The van der Waals surface area contributed by atoms with Crippen LogP contribution in [0.4, 0.5) is 11.4 Å². The molecule has 1 aromatic carbocycles. The maximum absolute atomic E-state index is 10.9. The number of nitro benzene ring substituents is 1. The normalized spacial score (nSPS) is 15.2. The fraction of sp³-hybridized carbons (Fsp3) is 0.500. The van der Waals surface area contributed by atoms with E-state index < -0.39 is 0 Å². The summed E-state index contributed by atoms with van der Waals surface area (Å²) in [4.78, 5) is 16.3. The number of thiazole rings is 1. The van der Waals surface area contributed by atoms with Crippen LogP contribution in [0.2, 0.25) is 0 Å². The lowest BCUT2D eigenvalue weighted by molar-refractivity contribution is -0.384. The molecule has 5 nitrogen and oxygen atoms in total. The molecular formula is C18H23N3O2S. The van der Waals surface area contributed by atoms with Crippen LogP contribution in [-0.4, -0.2) is 9.49 Å². The van der Waals surface area contributed by atoms with Crippen molar-refractivity contribution in [3.63, 3.8) is 0 Å². The lowest BCUT2D eigenvalue weighted by atomic mass is 10.1. The highest BCUT2D eigenvalue weighted by atomic mass is 32.1. The van der Waals surface area contributed by atoms with E-state index in [2.05, 4.69) is 23.8 Å². The molecule has 0 unspecified atom stereocenters. The van der Waals surface area contributed by atoms with Crippen molar-refractivity contribution in [2.45, 2.75) is 46.6 Å². The minimum atomic E-state index is -0.365. The Bertz CT molecular complexity index is 816. The highest BCUT2D eigenvalue weighted by Gasteiger charge is 2.23. The van der Waals surface area contributed by atoms with Gasteiger partial charge in [-0.3, -0.25) is 10.1 Å². The molecule has 6 heteroatoms. The zero-order valence-corrected chi connectivity index (χ0v) is 15.2. The van der Waals surface area contributed by atoms with E-state index in [-0.39, 0.29) is 10.6 Å². The molecule has 1 saturated carbocycles. The number of aryl methyl sites for hydroxylation is 1. The topological polar surface area (TPSA) is 60.4 Å².